The summed E-state index contributed by atoms with van der Waals surface area (Å²) in [5.41, 5.74) is 3.97. The quantitative estimate of drug-likeness (QED) is 0.397. The number of para-hydroxylation sites is 4. The number of H-pyrrole nitrogens is 2. The molecule has 4 rings (SSSR count). The summed E-state index contributed by atoms with van der Waals surface area (Å²) in [4.78, 5) is 15.4. The van der Waals surface area contributed by atoms with E-state index in [4.69, 9.17) is 4.74 Å². The van der Waals surface area contributed by atoms with Gasteiger partial charge in [-0.3, -0.25) is 0 Å². The Hall–Kier alpha value is -1.21. The van der Waals surface area contributed by atoms with Crippen LogP contribution in [0.5, 0.6) is 0 Å². The number of nitrogens with one attached hydrogen (secondary N) is 2. The Balaban J connectivity index is 0.000000526. The first-order valence-electron chi connectivity index (χ1n) is 7.07. The molecule has 2 aromatic carbocycles. The van der Waals surface area contributed by atoms with Gasteiger partial charge in [0.2, 0.25) is 0 Å². The molecule has 0 bridgehead atoms. The zero-order valence-electron chi connectivity index (χ0n) is 12.4. The van der Waals surface area contributed by atoms with Crippen LogP contribution >= 0.6 is 28.5 Å². The molecule has 128 valence electrons. The number of benzene rings is 2. The number of nitrogens with zero attached hydrogens (tertiary/aromatic N) is 2. The van der Waals surface area contributed by atoms with Crippen molar-refractivity contribution in [2.45, 2.75) is 13.2 Å². The summed E-state index contributed by atoms with van der Waals surface area (Å²) in [7, 11) is 1.25. The van der Waals surface area contributed by atoms with Gasteiger partial charge in [-0.2, -0.15) is 0 Å². The predicted octanol–water partition coefficient (Wildman–Crippen LogP) is 4.84. The van der Waals surface area contributed by atoms with Crippen LogP contribution in [0.15, 0.2) is 48.5 Å². The van der Waals surface area contributed by atoms with Crippen molar-refractivity contribution in [1.82, 2.24) is 19.9 Å². The van der Waals surface area contributed by atoms with Crippen LogP contribution in [0.4, 0.5) is 0 Å². The summed E-state index contributed by atoms with van der Waals surface area (Å²) in [5, 5.41) is 0. The van der Waals surface area contributed by atoms with Crippen molar-refractivity contribution >= 4 is 50.5 Å². The fraction of sp³-hybridized carbons (Fsp3) is 0.125. The minimum absolute atomic E-state index is 0.436. The maximum atomic E-state index is 5.68. The zero-order valence-corrected chi connectivity index (χ0v) is 16.6. The average Bonchev–Trinajstić information content (AvgIpc) is 3.18. The molecule has 0 amide bonds. The van der Waals surface area contributed by atoms with Crippen LogP contribution in [0.1, 0.15) is 11.6 Å². The molecule has 0 aliphatic rings. The Kier molecular flexibility index (Phi) is 6.43. The number of imidazole rings is 2. The third kappa shape index (κ3) is 4.45. The number of hydrogen-bond acceptors (Lipinski definition) is 3. The van der Waals surface area contributed by atoms with Crippen molar-refractivity contribution in [3.63, 3.8) is 0 Å². The fourth-order valence-electron chi connectivity index (χ4n) is 2.39. The van der Waals surface area contributed by atoms with Gasteiger partial charge in [0.25, 0.3) is 0 Å². The van der Waals surface area contributed by atoms with Gasteiger partial charge in [-0.15, -0.1) is 0 Å². The second-order valence-corrected chi connectivity index (χ2v) is 9.92. The molecule has 4 aromatic rings. The second kappa shape index (κ2) is 8.76. The number of fused-ring (bicyclic) bond motifs is 2. The summed E-state index contributed by atoms with van der Waals surface area (Å²) < 4.78 is 5.68. The van der Waals surface area contributed by atoms with Gasteiger partial charge in [0, 0.05) is 0 Å². The van der Waals surface area contributed by atoms with E-state index in [2.05, 4.69) is 48.4 Å². The SMILES string of the molecule is [Br][Ni][Br].c1ccc2[nH]c(COCc3nc4ccccc4[nH]3)nc2c1. The maximum absolute atomic E-state index is 5.68. The van der Waals surface area contributed by atoms with Crippen molar-refractivity contribution in [2.24, 2.45) is 0 Å². The third-order valence-electron chi connectivity index (χ3n) is 3.35. The number of aromatic amines is 2. The molecule has 2 aromatic heterocycles. The molecule has 0 aliphatic carbocycles. The van der Waals surface area contributed by atoms with E-state index in [1.165, 1.54) is 10.9 Å². The van der Waals surface area contributed by atoms with E-state index >= 15 is 0 Å². The summed E-state index contributed by atoms with van der Waals surface area (Å²) in [6, 6.07) is 15.9. The Labute approximate surface area is 159 Å². The summed E-state index contributed by atoms with van der Waals surface area (Å²) in [5.74, 6) is 1.65. The standard InChI is InChI=1S/C16H14N4O.2BrH.Ni/c1-2-6-12-11(5-1)17-15(18-12)9-21-10-16-19-13-7-3-4-8-14(13)20-16;;;/h1-8H,9-10H2,(H,17,18)(H,19,20);2*1H;/q;;;+2/p-2. The van der Waals surface area contributed by atoms with Crippen LogP contribution < -0.4 is 0 Å². The topological polar surface area (TPSA) is 66.6 Å². The summed E-state index contributed by atoms with van der Waals surface area (Å²) in [6.07, 6.45) is 0. The molecule has 0 aliphatic heterocycles. The molecule has 2 N–H and O–H groups in total. The third-order valence-corrected chi connectivity index (χ3v) is 3.35. The first-order chi connectivity index (χ1) is 11.8. The van der Waals surface area contributed by atoms with E-state index < -0.39 is 0 Å². The number of halogens is 2. The van der Waals surface area contributed by atoms with Crippen LogP contribution in [0.25, 0.3) is 22.1 Å². The van der Waals surface area contributed by atoms with Crippen molar-refractivity contribution in [2.75, 3.05) is 0 Å². The van der Waals surface area contributed by atoms with Crippen molar-refractivity contribution < 1.29 is 15.6 Å². The molecular formula is C16H14Br2N4NiO. The van der Waals surface area contributed by atoms with Gasteiger partial charge in [0.1, 0.15) is 24.9 Å². The maximum Gasteiger partial charge on any atom is 0.133 e. The molecule has 0 unspecified atom stereocenters. The average molecular weight is 497 g/mol. The first-order valence-corrected chi connectivity index (χ1v) is 12.0. The van der Waals surface area contributed by atoms with E-state index in [0.29, 0.717) is 13.2 Å². The molecule has 24 heavy (non-hydrogen) atoms. The molecule has 8 heteroatoms. The van der Waals surface area contributed by atoms with E-state index in [9.17, 15) is 0 Å². The van der Waals surface area contributed by atoms with Crippen molar-refractivity contribution in [3.8, 4) is 0 Å². The van der Waals surface area contributed by atoms with Crippen molar-refractivity contribution in [3.05, 3.63) is 60.2 Å². The predicted molar refractivity (Wildman–Crippen MR) is 98.5 cm³/mol. The second-order valence-electron chi connectivity index (χ2n) is 4.94. The smallest absolute Gasteiger partial charge is 0.133 e. The minimum Gasteiger partial charge on any atom is -0.366 e. The van der Waals surface area contributed by atoms with Gasteiger partial charge in [-0.1, -0.05) is 24.3 Å². The number of ether oxygens (including phenoxy) is 1. The van der Waals surface area contributed by atoms with Gasteiger partial charge in [0.15, 0.2) is 0 Å². The van der Waals surface area contributed by atoms with E-state index in [1.54, 1.807) is 0 Å². The molecule has 0 saturated heterocycles. The Bertz CT molecular complexity index is 784. The fourth-order valence-corrected chi connectivity index (χ4v) is 2.39. The molecule has 0 radical (unpaired) electrons. The summed E-state index contributed by atoms with van der Waals surface area (Å²) >= 11 is 6.00. The number of rotatable bonds is 4. The van der Waals surface area contributed by atoms with Crippen molar-refractivity contribution in [1.29, 1.82) is 0 Å². The number of aromatic nitrogens is 4. The Morgan fingerprint density at radius 3 is 1.62 bits per heavy atom. The molecule has 5 nitrogen and oxygen atoms in total. The van der Waals surface area contributed by atoms with E-state index in [0.717, 1.165) is 33.7 Å². The molecule has 2 heterocycles. The molecule has 0 fully saturated rings. The Morgan fingerprint density at radius 1 is 0.792 bits per heavy atom. The largest absolute Gasteiger partial charge is 0.366 e. The van der Waals surface area contributed by atoms with Gasteiger partial charge >= 0.3 is 39.3 Å². The van der Waals surface area contributed by atoms with Gasteiger partial charge in [-0.05, 0) is 24.3 Å². The minimum atomic E-state index is 0.436. The molecule has 0 spiro atoms. The molecular weight excluding hydrogens is 483 g/mol. The first kappa shape index (κ1) is 17.6. The molecule has 0 saturated carbocycles. The summed E-state index contributed by atoms with van der Waals surface area (Å²) in [6.45, 7) is 0.872. The van der Waals surface area contributed by atoms with E-state index in [-0.39, 0.29) is 0 Å². The normalized spacial score (nSPS) is 10.9. The molecule has 0 atom stereocenters. The monoisotopic (exact) mass is 494 g/mol. The van der Waals surface area contributed by atoms with Crippen LogP contribution in [0, 0.1) is 0 Å². The number of hydrogen-bond donors (Lipinski definition) is 2. The van der Waals surface area contributed by atoms with Gasteiger partial charge < -0.3 is 14.7 Å². The van der Waals surface area contributed by atoms with Crippen LogP contribution in [-0.2, 0) is 28.8 Å². The van der Waals surface area contributed by atoms with Crippen LogP contribution in [-0.4, -0.2) is 19.9 Å². The van der Waals surface area contributed by atoms with E-state index in [1.807, 2.05) is 48.5 Å². The Morgan fingerprint density at radius 2 is 1.21 bits per heavy atom. The van der Waals surface area contributed by atoms with Crippen LogP contribution in [0.2, 0.25) is 0 Å². The van der Waals surface area contributed by atoms with Gasteiger partial charge in [-0.25, -0.2) is 9.97 Å². The van der Waals surface area contributed by atoms with Gasteiger partial charge in [0.05, 0.1) is 22.1 Å². The zero-order chi connectivity index (χ0) is 16.8. The van der Waals surface area contributed by atoms with Crippen LogP contribution in [0.3, 0.4) is 0 Å².